The highest BCUT2D eigenvalue weighted by Gasteiger charge is 2.71. The van der Waals surface area contributed by atoms with Crippen LogP contribution in [0.2, 0.25) is 0 Å². The highest BCUT2D eigenvalue weighted by molar-refractivity contribution is 5.51. The van der Waals surface area contributed by atoms with Crippen molar-refractivity contribution in [2.45, 2.75) is 37.7 Å². The lowest BCUT2D eigenvalue weighted by Crippen LogP contribution is -2.54. The Balaban J connectivity index is 3.57. The number of aliphatic hydroxyl groups is 1. The normalized spacial score (nSPS) is 13.9. The fraction of sp³-hybridized carbons (Fsp3) is 0.500. The van der Waals surface area contributed by atoms with Crippen LogP contribution < -0.4 is 5.73 Å². The van der Waals surface area contributed by atoms with Crippen molar-refractivity contribution in [3.63, 3.8) is 0 Å². The molecule has 0 heterocycles. The van der Waals surface area contributed by atoms with E-state index in [-0.39, 0.29) is 17.2 Å². The lowest BCUT2D eigenvalue weighted by molar-refractivity contribution is -0.376. The van der Waals surface area contributed by atoms with E-state index < -0.39 is 23.5 Å². The summed E-state index contributed by atoms with van der Waals surface area (Å²) in [5.41, 5.74) is -0.536. The van der Waals surface area contributed by atoms with Gasteiger partial charge in [0.25, 0.3) is 5.60 Å². The molecule has 1 aromatic rings. The first-order chi connectivity index (χ1) is 8.82. The highest BCUT2D eigenvalue weighted by Crippen LogP contribution is 2.50. The summed E-state index contributed by atoms with van der Waals surface area (Å²) < 4.78 is 76.3. The van der Waals surface area contributed by atoms with Crippen molar-refractivity contribution in [2.75, 3.05) is 5.73 Å². The second-order valence-corrected chi connectivity index (χ2v) is 4.70. The molecular formula is C12H13F6NO. The molecule has 0 saturated carbocycles. The van der Waals surface area contributed by atoms with E-state index in [9.17, 15) is 31.4 Å². The van der Waals surface area contributed by atoms with Gasteiger partial charge in [0, 0.05) is 11.3 Å². The number of rotatable bonds is 2. The minimum absolute atomic E-state index is 0.0652. The molecule has 0 radical (unpaired) electrons. The molecular weight excluding hydrogens is 288 g/mol. The molecule has 0 aliphatic rings. The van der Waals surface area contributed by atoms with Crippen molar-refractivity contribution >= 4 is 5.69 Å². The molecule has 0 unspecified atom stereocenters. The van der Waals surface area contributed by atoms with Gasteiger partial charge in [0.2, 0.25) is 0 Å². The van der Waals surface area contributed by atoms with Gasteiger partial charge in [-0.05, 0) is 23.6 Å². The van der Waals surface area contributed by atoms with Crippen molar-refractivity contribution in [2.24, 2.45) is 0 Å². The molecule has 0 aliphatic carbocycles. The van der Waals surface area contributed by atoms with E-state index in [1.807, 2.05) is 0 Å². The number of hydrogen-bond donors (Lipinski definition) is 2. The van der Waals surface area contributed by atoms with Crippen LogP contribution in [0.15, 0.2) is 18.2 Å². The molecule has 3 N–H and O–H groups in total. The Morgan fingerprint density at radius 1 is 1.00 bits per heavy atom. The first kappa shape index (κ1) is 16.6. The summed E-state index contributed by atoms with van der Waals surface area (Å²) in [5.74, 6) is -0.388. The summed E-state index contributed by atoms with van der Waals surface area (Å²) in [7, 11) is 0. The number of benzene rings is 1. The van der Waals surface area contributed by atoms with Gasteiger partial charge >= 0.3 is 12.4 Å². The second-order valence-electron chi connectivity index (χ2n) is 4.70. The smallest absolute Gasteiger partial charge is 0.398 e. The summed E-state index contributed by atoms with van der Waals surface area (Å²) in [6.07, 6.45) is -11.8. The van der Waals surface area contributed by atoms with Gasteiger partial charge in [0.15, 0.2) is 0 Å². The molecule has 0 atom stereocenters. The summed E-state index contributed by atoms with van der Waals surface area (Å²) >= 11 is 0. The maximum Gasteiger partial charge on any atom is 0.430 e. The quantitative estimate of drug-likeness (QED) is 0.646. The van der Waals surface area contributed by atoms with Crippen LogP contribution in [0.5, 0.6) is 0 Å². The van der Waals surface area contributed by atoms with Crippen LogP contribution in [-0.4, -0.2) is 17.5 Å². The summed E-state index contributed by atoms with van der Waals surface area (Å²) in [6.45, 7) is 3.13. The van der Waals surface area contributed by atoms with Gasteiger partial charge in [-0.2, -0.15) is 26.3 Å². The lowest BCUT2D eigenvalue weighted by atomic mass is 9.88. The molecule has 1 rings (SSSR count). The lowest BCUT2D eigenvalue weighted by Gasteiger charge is -2.33. The molecule has 8 heteroatoms. The zero-order chi connectivity index (χ0) is 15.9. The van der Waals surface area contributed by atoms with Crippen LogP contribution in [0.25, 0.3) is 0 Å². The predicted octanol–water partition coefficient (Wildman–Crippen LogP) is 3.70. The fourth-order valence-corrected chi connectivity index (χ4v) is 1.79. The third-order valence-electron chi connectivity index (χ3n) is 2.95. The first-order valence-electron chi connectivity index (χ1n) is 5.58. The number of anilines is 1. The van der Waals surface area contributed by atoms with Gasteiger partial charge in [0.1, 0.15) is 0 Å². The Morgan fingerprint density at radius 3 is 1.80 bits per heavy atom. The molecule has 0 spiro atoms. The summed E-state index contributed by atoms with van der Waals surface area (Å²) in [5, 5.41) is 9.26. The molecule has 20 heavy (non-hydrogen) atoms. The molecule has 0 saturated heterocycles. The Kier molecular flexibility index (Phi) is 4.02. The van der Waals surface area contributed by atoms with Crippen molar-refractivity contribution in [1.82, 2.24) is 0 Å². The number of halogens is 6. The van der Waals surface area contributed by atoms with E-state index in [1.54, 1.807) is 13.8 Å². The van der Waals surface area contributed by atoms with E-state index in [2.05, 4.69) is 0 Å². The topological polar surface area (TPSA) is 46.2 Å². The Morgan fingerprint density at radius 2 is 1.45 bits per heavy atom. The molecule has 2 nitrogen and oxygen atoms in total. The van der Waals surface area contributed by atoms with Crippen LogP contribution >= 0.6 is 0 Å². The number of alkyl halides is 6. The van der Waals surface area contributed by atoms with Crippen LogP contribution in [-0.2, 0) is 5.60 Å². The van der Waals surface area contributed by atoms with Gasteiger partial charge in [0.05, 0.1) is 0 Å². The average Bonchev–Trinajstić information content (AvgIpc) is 2.25. The molecule has 0 amide bonds. The number of nitrogen functional groups attached to an aromatic ring is 1. The van der Waals surface area contributed by atoms with E-state index in [0.29, 0.717) is 12.1 Å². The molecule has 114 valence electrons. The summed E-state index contributed by atoms with van der Waals surface area (Å²) in [6, 6.07) is 2.09. The maximum absolute atomic E-state index is 12.7. The van der Waals surface area contributed by atoms with Crippen molar-refractivity contribution in [3.05, 3.63) is 29.3 Å². The molecule has 0 fully saturated rings. The standard InChI is InChI=1S/C12H13F6NO/c1-6(2)8-5-7(3-4-9(8)19)10(20,11(13,14)15)12(16,17)18/h3-6,20H,19H2,1-2H3. The van der Waals surface area contributed by atoms with Gasteiger partial charge in [-0.3, -0.25) is 0 Å². The first-order valence-corrected chi connectivity index (χ1v) is 5.58. The van der Waals surface area contributed by atoms with Crippen molar-refractivity contribution in [1.29, 1.82) is 0 Å². The average molecular weight is 301 g/mol. The molecule has 0 bridgehead atoms. The van der Waals surface area contributed by atoms with Crippen LogP contribution in [0.3, 0.4) is 0 Å². The SMILES string of the molecule is CC(C)c1cc(C(O)(C(F)(F)F)C(F)(F)F)ccc1N. The van der Waals surface area contributed by atoms with Gasteiger partial charge in [-0.15, -0.1) is 0 Å². The minimum atomic E-state index is -5.89. The van der Waals surface area contributed by atoms with Gasteiger partial charge in [-0.25, -0.2) is 0 Å². The van der Waals surface area contributed by atoms with Crippen molar-refractivity contribution < 1.29 is 31.4 Å². The maximum atomic E-state index is 12.7. The molecule has 0 aromatic heterocycles. The van der Waals surface area contributed by atoms with Crippen molar-refractivity contribution in [3.8, 4) is 0 Å². The largest absolute Gasteiger partial charge is 0.430 e. The van der Waals surface area contributed by atoms with Crippen LogP contribution in [0.4, 0.5) is 32.0 Å². The molecule has 1 aromatic carbocycles. The zero-order valence-corrected chi connectivity index (χ0v) is 10.6. The third kappa shape index (κ3) is 2.56. The van der Waals surface area contributed by atoms with E-state index in [4.69, 9.17) is 5.73 Å². The Bertz CT molecular complexity index is 478. The number of hydrogen-bond acceptors (Lipinski definition) is 2. The fourth-order valence-electron chi connectivity index (χ4n) is 1.79. The van der Waals surface area contributed by atoms with Gasteiger partial charge in [-0.1, -0.05) is 19.9 Å². The third-order valence-corrected chi connectivity index (χ3v) is 2.95. The van der Waals surface area contributed by atoms with Crippen LogP contribution in [0.1, 0.15) is 30.9 Å². The predicted molar refractivity (Wildman–Crippen MR) is 61.0 cm³/mol. The highest BCUT2D eigenvalue weighted by atomic mass is 19.4. The van der Waals surface area contributed by atoms with E-state index in [0.717, 1.165) is 6.07 Å². The monoisotopic (exact) mass is 301 g/mol. The number of nitrogens with two attached hydrogens (primary N) is 1. The van der Waals surface area contributed by atoms with Crippen LogP contribution in [0, 0.1) is 0 Å². The van der Waals surface area contributed by atoms with E-state index in [1.165, 1.54) is 0 Å². The summed E-state index contributed by atoms with van der Waals surface area (Å²) in [4.78, 5) is 0. The van der Waals surface area contributed by atoms with Gasteiger partial charge < -0.3 is 10.8 Å². The Labute approximate surface area is 111 Å². The second kappa shape index (κ2) is 4.83. The Hall–Kier alpha value is -1.44. The minimum Gasteiger partial charge on any atom is -0.398 e. The van der Waals surface area contributed by atoms with E-state index >= 15 is 0 Å². The zero-order valence-electron chi connectivity index (χ0n) is 10.6. The molecule has 0 aliphatic heterocycles.